The van der Waals surface area contributed by atoms with Crippen molar-refractivity contribution in [1.29, 1.82) is 0 Å². The number of nitrogens with two attached hydrogens (primary N) is 1. The third kappa shape index (κ3) is 3.72. The minimum atomic E-state index is -3.81. The SMILES string of the molecule is COc1ccc(CN)cc1S(=O)(=O)Nc1ccc(Br)cn1. The summed E-state index contributed by atoms with van der Waals surface area (Å²) in [5.41, 5.74) is 6.24. The molecule has 112 valence electrons. The summed E-state index contributed by atoms with van der Waals surface area (Å²) in [6, 6.07) is 8.03. The van der Waals surface area contributed by atoms with E-state index in [2.05, 4.69) is 25.6 Å². The van der Waals surface area contributed by atoms with Crippen molar-refractivity contribution in [3.63, 3.8) is 0 Å². The van der Waals surface area contributed by atoms with E-state index >= 15 is 0 Å². The Morgan fingerprint density at radius 3 is 2.67 bits per heavy atom. The number of halogens is 1. The van der Waals surface area contributed by atoms with Gasteiger partial charge in [0.05, 0.1) is 7.11 Å². The van der Waals surface area contributed by atoms with Gasteiger partial charge in [-0.25, -0.2) is 13.4 Å². The predicted octanol–water partition coefficient (Wildman–Crippen LogP) is 2.11. The van der Waals surface area contributed by atoms with Gasteiger partial charge >= 0.3 is 0 Å². The minimum Gasteiger partial charge on any atom is -0.495 e. The molecule has 0 bridgehead atoms. The van der Waals surface area contributed by atoms with Gasteiger partial charge in [-0.3, -0.25) is 4.72 Å². The number of ether oxygens (including phenoxy) is 1. The van der Waals surface area contributed by atoms with E-state index in [9.17, 15) is 8.42 Å². The van der Waals surface area contributed by atoms with E-state index in [1.807, 2.05) is 0 Å². The number of anilines is 1. The number of rotatable bonds is 5. The van der Waals surface area contributed by atoms with Crippen LogP contribution in [-0.2, 0) is 16.6 Å². The molecule has 0 spiro atoms. The number of pyridine rings is 1. The van der Waals surface area contributed by atoms with Crippen LogP contribution in [0, 0.1) is 0 Å². The molecule has 0 unspecified atom stereocenters. The third-order valence-electron chi connectivity index (χ3n) is 2.72. The molecule has 1 heterocycles. The molecule has 0 radical (unpaired) electrons. The van der Waals surface area contributed by atoms with Gasteiger partial charge in [0, 0.05) is 17.2 Å². The summed E-state index contributed by atoms with van der Waals surface area (Å²) in [5, 5.41) is 0. The molecule has 1 aromatic heterocycles. The van der Waals surface area contributed by atoms with Gasteiger partial charge in [0.2, 0.25) is 0 Å². The van der Waals surface area contributed by atoms with Crippen LogP contribution in [0.2, 0.25) is 0 Å². The van der Waals surface area contributed by atoms with Crippen LogP contribution in [0.15, 0.2) is 45.9 Å². The third-order valence-corrected chi connectivity index (χ3v) is 4.56. The van der Waals surface area contributed by atoms with E-state index < -0.39 is 10.0 Å². The fourth-order valence-corrected chi connectivity index (χ4v) is 3.15. The second-order valence-corrected chi connectivity index (χ2v) is 6.72. The first-order chi connectivity index (χ1) is 9.96. The molecule has 1 aromatic carbocycles. The zero-order valence-electron chi connectivity index (χ0n) is 11.2. The lowest BCUT2D eigenvalue weighted by atomic mass is 10.2. The van der Waals surface area contributed by atoms with Crippen LogP contribution in [0.25, 0.3) is 0 Å². The monoisotopic (exact) mass is 371 g/mol. The molecule has 0 atom stereocenters. The number of benzene rings is 1. The lowest BCUT2D eigenvalue weighted by Crippen LogP contribution is -2.15. The number of methoxy groups -OCH3 is 1. The summed E-state index contributed by atoms with van der Waals surface area (Å²) in [7, 11) is -2.40. The fraction of sp³-hybridized carbons (Fsp3) is 0.154. The first kappa shape index (κ1) is 15.7. The molecule has 21 heavy (non-hydrogen) atoms. The van der Waals surface area contributed by atoms with Crippen molar-refractivity contribution in [3.8, 4) is 5.75 Å². The summed E-state index contributed by atoms with van der Waals surface area (Å²) < 4.78 is 33.2. The number of nitrogens with one attached hydrogen (secondary N) is 1. The van der Waals surface area contributed by atoms with Crippen LogP contribution >= 0.6 is 15.9 Å². The molecule has 0 saturated carbocycles. The van der Waals surface area contributed by atoms with Crippen LogP contribution in [0.5, 0.6) is 5.75 Å². The Hall–Kier alpha value is -1.64. The van der Waals surface area contributed by atoms with Gasteiger partial charge < -0.3 is 10.5 Å². The summed E-state index contributed by atoms with van der Waals surface area (Å²) in [6.07, 6.45) is 1.51. The van der Waals surface area contributed by atoms with Crippen molar-refractivity contribution < 1.29 is 13.2 Å². The molecule has 0 aliphatic rings. The van der Waals surface area contributed by atoms with E-state index in [1.165, 1.54) is 19.4 Å². The number of hydrogen-bond donors (Lipinski definition) is 2. The molecule has 3 N–H and O–H groups in total. The quantitative estimate of drug-likeness (QED) is 0.839. The maximum atomic E-state index is 12.5. The van der Waals surface area contributed by atoms with Crippen molar-refractivity contribution in [1.82, 2.24) is 4.98 Å². The first-order valence-corrected chi connectivity index (χ1v) is 8.25. The highest BCUT2D eigenvalue weighted by molar-refractivity contribution is 9.10. The second kappa shape index (κ2) is 6.42. The van der Waals surface area contributed by atoms with E-state index in [1.54, 1.807) is 24.3 Å². The summed E-state index contributed by atoms with van der Waals surface area (Å²) >= 11 is 3.24. The standard InChI is InChI=1S/C13H14BrN3O3S/c1-20-11-4-2-9(7-15)6-12(11)21(18,19)17-13-5-3-10(14)8-16-13/h2-6,8H,7,15H2,1H3,(H,16,17). The summed E-state index contributed by atoms with van der Waals surface area (Å²) in [6.45, 7) is 0.239. The Bertz CT molecular complexity index is 733. The van der Waals surface area contributed by atoms with Crippen molar-refractivity contribution in [2.75, 3.05) is 11.8 Å². The highest BCUT2D eigenvalue weighted by atomic mass is 79.9. The number of aromatic nitrogens is 1. The zero-order valence-corrected chi connectivity index (χ0v) is 13.6. The number of hydrogen-bond acceptors (Lipinski definition) is 5. The average molecular weight is 372 g/mol. The lowest BCUT2D eigenvalue weighted by molar-refractivity contribution is 0.402. The zero-order chi connectivity index (χ0) is 15.5. The number of nitrogens with zero attached hydrogens (tertiary/aromatic N) is 1. The highest BCUT2D eigenvalue weighted by Gasteiger charge is 2.20. The van der Waals surface area contributed by atoms with Crippen LogP contribution in [0.3, 0.4) is 0 Å². The molecule has 2 aromatic rings. The molecule has 0 saturated heterocycles. The van der Waals surface area contributed by atoms with E-state index in [0.29, 0.717) is 5.56 Å². The predicted molar refractivity (Wildman–Crippen MR) is 83.6 cm³/mol. The van der Waals surface area contributed by atoms with Gasteiger partial charge in [-0.2, -0.15) is 0 Å². The summed E-state index contributed by atoms with van der Waals surface area (Å²) in [5.74, 6) is 0.468. The van der Waals surface area contributed by atoms with Crippen molar-refractivity contribution >= 4 is 31.8 Å². The molecule has 0 amide bonds. The normalized spacial score (nSPS) is 11.2. The molecule has 8 heteroatoms. The largest absolute Gasteiger partial charge is 0.495 e. The highest BCUT2D eigenvalue weighted by Crippen LogP contribution is 2.26. The van der Waals surface area contributed by atoms with Crippen LogP contribution in [0.1, 0.15) is 5.56 Å². The van der Waals surface area contributed by atoms with Crippen molar-refractivity contribution in [2.45, 2.75) is 11.4 Å². The van der Waals surface area contributed by atoms with Crippen molar-refractivity contribution in [3.05, 3.63) is 46.6 Å². The van der Waals surface area contributed by atoms with Gasteiger partial charge in [0.15, 0.2) is 0 Å². The lowest BCUT2D eigenvalue weighted by Gasteiger charge is -2.12. The van der Waals surface area contributed by atoms with E-state index in [0.717, 1.165) is 4.47 Å². The van der Waals surface area contributed by atoms with Crippen LogP contribution in [-0.4, -0.2) is 20.5 Å². The van der Waals surface area contributed by atoms with E-state index in [-0.39, 0.29) is 23.0 Å². The number of sulfonamides is 1. The van der Waals surface area contributed by atoms with Gasteiger partial charge in [0.25, 0.3) is 10.0 Å². The average Bonchev–Trinajstić information content (AvgIpc) is 2.48. The molecule has 6 nitrogen and oxygen atoms in total. The Morgan fingerprint density at radius 2 is 2.10 bits per heavy atom. The Kier molecular flexibility index (Phi) is 4.81. The van der Waals surface area contributed by atoms with Gasteiger partial charge in [0.1, 0.15) is 16.5 Å². The topological polar surface area (TPSA) is 94.3 Å². The maximum absolute atomic E-state index is 12.5. The first-order valence-electron chi connectivity index (χ1n) is 5.97. The molecule has 2 rings (SSSR count). The molecule has 0 aliphatic carbocycles. The van der Waals surface area contributed by atoms with Crippen LogP contribution in [0.4, 0.5) is 5.82 Å². The Balaban J connectivity index is 2.41. The van der Waals surface area contributed by atoms with Crippen LogP contribution < -0.4 is 15.2 Å². The Labute approximate surface area is 131 Å². The second-order valence-electron chi connectivity index (χ2n) is 4.16. The fourth-order valence-electron chi connectivity index (χ4n) is 1.69. The van der Waals surface area contributed by atoms with Gasteiger partial charge in [-0.1, -0.05) is 6.07 Å². The van der Waals surface area contributed by atoms with Gasteiger partial charge in [-0.05, 0) is 45.8 Å². The smallest absolute Gasteiger partial charge is 0.266 e. The molecular weight excluding hydrogens is 358 g/mol. The molecular formula is C13H14BrN3O3S. The van der Waals surface area contributed by atoms with Gasteiger partial charge in [-0.15, -0.1) is 0 Å². The Morgan fingerprint density at radius 1 is 1.33 bits per heavy atom. The van der Waals surface area contributed by atoms with E-state index in [4.69, 9.17) is 10.5 Å². The molecule has 0 aliphatic heterocycles. The molecule has 0 fully saturated rings. The minimum absolute atomic E-state index is 0.0256. The summed E-state index contributed by atoms with van der Waals surface area (Å²) in [4.78, 5) is 4.01. The van der Waals surface area contributed by atoms with Crippen molar-refractivity contribution in [2.24, 2.45) is 5.73 Å². The maximum Gasteiger partial charge on any atom is 0.266 e.